The Bertz CT molecular complexity index is 2090. The number of hydrogen-bond acceptors (Lipinski definition) is 4. The number of pyridine rings is 1. The summed E-state index contributed by atoms with van der Waals surface area (Å²) in [5.74, 6) is 1.22. The van der Waals surface area contributed by atoms with E-state index in [1.54, 1.807) is 12.5 Å². The quantitative estimate of drug-likeness (QED) is 0.173. The van der Waals surface area contributed by atoms with Crippen LogP contribution in [0.3, 0.4) is 0 Å². The maximum absolute atomic E-state index is 6.23. The third kappa shape index (κ3) is 3.90. The number of oxazole rings is 1. The summed E-state index contributed by atoms with van der Waals surface area (Å²) < 4.78 is 14.3. The summed E-state index contributed by atoms with van der Waals surface area (Å²) >= 11 is 0. The molecule has 0 atom stereocenters. The standard InChI is InChI=1S/C34H19N3O2.Pt/c1-3-14-30-24(11-1)25-20-26(32-16-8-18-38-32)27(34-36-29-13-2-4-15-33(29)39-34)21-31(25)37(30)23-10-7-9-22(19-23)28-12-5-6-17-35-28;/h1-18,20H;/q-2;+2. The number of benzene rings is 4. The first kappa shape index (κ1) is 24.3. The molecule has 0 aliphatic heterocycles. The molecule has 0 unspecified atom stereocenters. The first-order chi connectivity index (χ1) is 19.3. The molecular weight excluding hydrogens is 677 g/mol. The molecule has 0 saturated carbocycles. The number of fused-ring (bicyclic) bond motifs is 4. The average Bonchev–Trinajstić information content (AvgIpc) is 3.75. The molecule has 192 valence electrons. The van der Waals surface area contributed by atoms with E-state index < -0.39 is 0 Å². The van der Waals surface area contributed by atoms with Gasteiger partial charge in [-0.1, -0.05) is 59.0 Å². The van der Waals surface area contributed by atoms with Crippen LogP contribution in [0.15, 0.2) is 124 Å². The van der Waals surface area contributed by atoms with Crippen molar-refractivity contribution in [2.45, 2.75) is 0 Å². The fourth-order valence-electron chi connectivity index (χ4n) is 5.22. The molecule has 4 aromatic carbocycles. The van der Waals surface area contributed by atoms with E-state index in [2.05, 4.69) is 58.1 Å². The summed E-state index contributed by atoms with van der Waals surface area (Å²) in [6.45, 7) is 0. The molecule has 0 spiro atoms. The number of furan rings is 1. The van der Waals surface area contributed by atoms with Crippen molar-refractivity contribution in [3.05, 3.63) is 128 Å². The van der Waals surface area contributed by atoms with Gasteiger partial charge >= 0.3 is 21.1 Å². The van der Waals surface area contributed by atoms with E-state index in [1.165, 1.54) is 0 Å². The van der Waals surface area contributed by atoms with Gasteiger partial charge in [-0.15, -0.1) is 42.0 Å². The molecule has 8 rings (SSSR count). The van der Waals surface area contributed by atoms with Crippen LogP contribution in [-0.4, -0.2) is 14.5 Å². The van der Waals surface area contributed by atoms with Gasteiger partial charge in [0.25, 0.3) is 0 Å². The zero-order valence-corrected chi connectivity index (χ0v) is 23.2. The Morgan fingerprint density at radius 1 is 0.750 bits per heavy atom. The molecule has 0 aliphatic carbocycles. The van der Waals surface area contributed by atoms with Gasteiger partial charge in [0.15, 0.2) is 0 Å². The minimum atomic E-state index is 0. The molecule has 5 nitrogen and oxygen atoms in total. The van der Waals surface area contributed by atoms with Crippen LogP contribution >= 0.6 is 0 Å². The van der Waals surface area contributed by atoms with Crippen LogP contribution in [0.2, 0.25) is 0 Å². The van der Waals surface area contributed by atoms with Crippen LogP contribution in [0.25, 0.3) is 72.6 Å². The molecule has 0 saturated heterocycles. The summed E-state index contributed by atoms with van der Waals surface area (Å²) in [5, 5.41) is 2.16. The summed E-state index contributed by atoms with van der Waals surface area (Å²) in [5.41, 5.74) is 7.77. The van der Waals surface area contributed by atoms with E-state index in [1.807, 2.05) is 66.7 Å². The predicted molar refractivity (Wildman–Crippen MR) is 152 cm³/mol. The van der Waals surface area contributed by atoms with Gasteiger partial charge in [-0.3, -0.25) is 4.98 Å². The van der Waals surface area contributed by atoms with E-state index in [0.29, 0.717) is 5.89 Å². The van der Waals surface area contributed by atoms with Gasteiger partial charge in [0, 0.05) is 11.7 Å². The second kappa shape index (κ2) is 9.78. The molecule has 0 aliphatic rings. The van der Waals surface area contributed by atoms with Crippen LogP contribution in [0.4, 0.5) is 0 Å². The van der Waals surface area contributed by atoms with Crippen LogP contribution in [0.5, 0.6) is 0 Å². The third-order valence-corrected chi connectivity index (χ3v) is 6.97. The van der Waals surface area contributed by atoms with Gasteiger partial charge < -0.3 is 18.4 Å². The van der Waals surface area contributed by atoms with Gasteiger partial charge in [-0.05, 0) is 58.7 Å². The minimum Gasteiger partial charge on any atom is -0.481 e. The Balaban J connectivity index is 0.00000264. The monoisotopic (exact) mass is 696 g/mol. The molecule has 40 heavy (non-hydrogen) atoms. The smallest absolute Gasteiger partial charge is 0.481 e. The van der Waals surface area contributed by atoms with Crippen molar-refractivity contribution in [1.29, 1.82) is 0 Å². The van der Waals surface area contributed by atoms with Crippen molar-refractivity contribution in [3.63, 3.8) is 0 Å². The van der Waals surface area contributed by atoms with Crippen molar-refractivity contribution in [3.8, 4) is 39.7 Å². The molecule has 0 bridgehead atoms. The zero-order valence-electron chi connectivity index (χ0n) is 20.9. The Morgan fingerprint density at radius 3 is 2.48 bits per heavy atom. The Labute approximate surface area is 244 Å². The van der Waals surface area contributed by atoms with Crippen molar-refractivity contribution >= 4 is 32.9 Å². The van der Waals surface area contributed by atoms with Gasteiger partial charge in [-0.2, -0.15) is 0 Å². The van der Waals surface area contributed by atoms with Crippen molar-refractivity contribution in [2.75, 3.05) is 0 Å². The van der Waals surface area contributed by atoms with Gasteiger partial charge in [0.1, 0.15) is 11.5 Å². The van der Waals surface area contributed by atoms with E-state index in [4.69, 9.17) is 13.8 Å². The van der Waals surface area contributed by atoms with E-state index in [0.717, 1.165) is 66.7 Å². The van der Waals surface area contributed by atoms with Gasteiger partial charge in [-0.25, -0.2) is 0 Å². The van der Waals surface area contributed by atoms with Gasteiger partial charge in [0.05, 0.1) is 17.5 Å². The molecule has 0 radical (unpaired) electrons. The molecule has 4 aromatic heterocycles. The molecule has 6 heteroatoms. The molecule has 4 heterocycles. The number of aromatic nitrogens is 3. The van der Waals surface area contributed by atoms with E-state index in [-0.39, 0.29) is 21.1 Å². The fourth-order valence-corrected chi connectivity index (χ4v) is 5.22. The second-order valence-corrected chi connectivity index (χ2v) is 9.30. The topological polar surface area (TPSA) is 57.0 Å². The molecule has 0 fully saturated rings. The fraction of sp³-hybridized carbons (Fsp3) is 0. The van der Waals surface area contributed by atoms with E-state index in [9.17, 15) is 0 Å². The van der Waals surface area contributed by atoms with Gasteiger partial charge in [0.2, 0.25) is 0 Å². The van der Waals surface area contributed by atoms with Crippen molar-refractivity contribution < 1.29 is 29.9 Å². The first-order valence-corrected chi connectivity index (χ1v) is 12.7. The third-order valence-electron chi connectivity index (χ3n) is 6.97. The molecule has 0 amide bonds. The zero-order chi connectivity index (χ0) is 25.8. The van der Waals surface area contributed by atoms with Crippen LogP contribution in [-0.2, 0) is 21.1 Å². The maximum atomic E-state index is 6.23. The van der Waals surface area contributed by atoms with Crippen molar-refractivity contribution in [1.82, 2.24) is 14.5 Å². The van der Waals surface area contributed by atoms with Crippen LogP contribution in [0, 0.1) is 12.1 Å². The average molecular weight is 697 g/mol. The molecule has 8 aromatic rings. The predicted octanol–water partition coefficient (Wildman–Crippen LogP) is 8.51. The van der Waals surface area contributed by atoms with Crippen LogP contribution < -0.4 is 0 Å². The molecular formula is C34H19N3O2Pt. The Hall–Kier alpha value is -4.73. The first-order valence-electron chi connectivity index (χ1n) is 12.7. The normalized spacial score (nSPS) is 11.3. The minimum absolute atomic E-state index is 0. The summed E-state index contributed by atoms with van der Waals surface area (Å²) in [6, 6.07) is 41.4. The van der Waals surface area contributed by atoms with Crippen LogP contribution in [0.1, 0.15) is 0 Å². The van der Waals surface area contributed by atoms with E-state index >= 15 is 0 Å². The number of hydrogen-bond donors (Lipinski definition) is 0. The number of rotatable bonds is 4. The molecule has 0 N–H and O–H groups in total. The summed E-state index contributed by atoms with van der Waals surface area (Å²) in [7, 11) is 0. The van der Waals surface area contributed by atoms with Crippen molar-refractivity contribution in [2.24, 2.45) is 0 Å². The Morgan fingerprint density at radius 2 is 1.62 bits per heavy atom. The largest absolute Gasteiger partial charge is 2.00 e. The number of nitrogens with zero attached hydrogens (tertiary/aromatic N) is 3. The maximum Gasteiger partial charge on any atom is 2.00 e. The Kier molecular flexibility index (Phi) is 5.95. The summed E-state index contributed by atoms with van der Waals surface area (Å²) in [6.07, 6.45) is 3.48. The number of para-hydroxylation sites is 3. The SMILES string of the molecule is [Pt+2].[c-]1c(-c2ccccn2)cccc1-n1c2[c-]c(-c3nc4ccccc4o3)c(-c3ccco3)cc2c2ccccc21. The summed E-state index contributed by atoms with van der Waals surface area (Å²) in [4.78, 5) is 9.34. The second-order valence-electron chi connectivity index (χ2n) is 9.30.